The Balaban J connectivity index is 0.000000945. The van der Waals surface area contributed by atoms with Crippen molar-refractivity contribution in [1.29, 1.82) is 0 Å². The minimum atomic E-state index is -0.833. The van der Waals surface area contributed by atoms with Gasteiger partial charge in [0.25, 0.3) is 5.97 Å². The minimum absolute atomic E-state index is 0. The number of nitrogens with two attached hydrogens (primary N) is 1. The number of benzene rings is 1. The van der Waals surface area contributed by atoms with Crippen molar-refractivity contribution in [2.45, 2.75) is 57.4 Å². The van der Waals surface area contributed by atoms with Crippen molar-refractivity contribution in [3.05, 3.63) is 35.6 Å². The first-order chi connectivity index (χ1) is 14.7. The Hall–Kier alpha value is -2.36. The molecular weight excluding hydrogens is 417 g/mol. The van der Waals surface area contributed by atoms with Gasteiger partial charge in [0.05, 0.1) is 0 Å². The first-order valence-corrected chi connectivity index (χ1v) is 11.0. The zero-order valence-electron chi connectivity index (χ0n) is 18.8. The van der Waals surface area contributed by atoms with E-state index in [1.807, 2.05) is 0 Å². The largest absolute Gasteiger partial charge is 0.870 e. The van der Waals surface area contributed by atoms with Gasteiger partial charge in [0.15, 0.2) is 5.78 Å². The highest BCUT2D eigenvalue weighted by Gasteiger charge is 2.44. The molecule has 0 bridgehead atoms. The van der Waals surface area contributed by atoms with E-state index in [9.17, 15) is 14.0 Å². The average molecular weight is 453 g/mol. The normalized spacial score (nSPS) is 18.6. The number of likely N-dealkylation sites (tertiary alicyclic amines) is 2. The lowest BCUT2D eigenvalue weighted by atomic mass is 9.83. The highest BCUT2D eigenvalue weighted by molar-refractivity contribution is 5.95. The smallest absolute Gasteiger partial charge is 0.300 e. The van der Waals surface area contributed by atoms with Gasteiger partial charge < -0.3 is 21.2 Å². The molecule has 0 saturated carbocycles. The molecule has 1 amide bonds. The maximum absolute atomic E-state index is 12.9. The number of carbonyl (C=O) groups excluding carboxylic acids is 2. The second-order valence-electron chi connectivity index (χ2n) is 8.34. The Labute approximate surface area is 188 Å². The first kappa shape index (κ1) is 27.7. The summed E-state index contributed by atoms with van der Waals surface area (Å²) < 4.78 is 12.9. The van der Waals surface area contributed by atoms with Gasteiger partial charge in [-0.25, -0.2) is 4.39 Å². The van der Waals surface area contributed by atoms with E-state index in [1.54, 1.807) is 12.1 Å². The summed E-state index contributed by atoms with van der Waals surface area (Å²) >= 11 is 0. The molecule has 1 aromatic rings. The number of halogens is 1. The van der Waals surface area contributed by atoms with Crippen LogP contribution in [0.2, 0.25) is 0 Å². The summed E-state index contributed by atoms with van der Waals surface area (Å²) in [6, 6.07) is 5.72. The van der Waals surface area contributed by atoms with Crippen LogP contribution in [0.4, 0.5) is 4.39 Å². The summed E-state index contributed by atoms with van der Waals surface area (Å²) in [4.78, 5) is 38.1. The van der Waals surface area contributed by atoms with Crippen molar-refractivity contribution in [3.8, 4) is 0 Å². The fraction of sp³-hybridized carbons (Fsp3) is 0.609. The van der Waals surface area contributed by atoms with Crippen LogP contribution in [0.5, 0.6) is 0 Å². The predicted molar refractivity (Wildman–Crippen MR) is 118 cm³/mol. The molecule has 2 fully saturated rings. The lowest BCUT2D eigenvalue weighted by Gasteiger charge is -2.48. The van der Waals surface area contributed by atoms with Crippen molar-refractivity contribution in [3.63, 3.8) is 0 Å². The minimum Gasteiger partial charge on any atom is -0.870 e. The Bertz CT molecular complexity index is 739. The number of hydrogen-bond donors (Lipinski definition) is 2. The molecule has 0 unspecified atom stereocenters. The SMILES string of the molecule is CC(=O)O.NC(=O)C1(N2CCCCC2)CCN(CCCC(=O)c2ccc(F)cc2)CC1.[OH-]. The van der Waals surface area contributed by atoms with E-state index >= 15 is 0 Å². The van der Waals surface area contributed by atoms with E-state index in [0.717, 1.165) is 71.8 Å². The number of rotatable bonds is 7. The Morgan fingerprint density at radius 1 is 1.03 bits per heavy atom. The van der Waals surface area contributed by atoms with Gasteiger partial charge in [0.1, 0.15) is 11.4 Å². The van der Waals surface area contributed by atoms with Crippen LogP contribution < -0.4 is 5.73 Å². The number of carboxylic acid groups (broad SMARTS) is 1. The number of carboxylic acids is 1. The predicted octanol–water partition coefficient (Wildman–Crippen LogP) is 2.51. The number of amides is 1. The third-order valence-corrected chi connectivity index (χ3v) is 6.15. The second-order valence-corrected chi connectivity index (χ2v) is 8.34. The molecule has 2 aliphatic heterocycles. The molecule has 3 rings (SSSR count). The van der Waals surface area contributed by atoms with E-state index in [1.165, 1.54) is 18.6 Å². The molecule has 0 aromatic heterocycles. The van der Waals surface area contributed by atoms with Crippen LogP contribution in [0.25, 0.3) is 0 Å². The molecule has 180 valence electrons. The second kappa shape index (κ2) is 13.2. The number of nitrogens with zero attached hydrogens (tertiary/aromatic N) is 2. The maximum Gasteiger partial charge on any atom is 0.300 e. The molecule has 0 atom stereocenters. The molecule has 2 saturated heterocycles. The molecule has 4 N–H and O–H groups in total. The number of aliphatic carboxylic acids is 1. The van der Waals surface area contributed by atoms with Crippen LogP contribution in [-0.4, -0.2) is 76.3 Å². The number of piperidine rings is 2. The fourth-order valence-electron chi connectivity index (χ4n) is 4.43. The lowest BCUT2D eigenvalue weighted by molar-refractivity contribution is -0.135. The van der Waals surface area contributed by atoms with E-state index < -0.39 is 11.5 Å². The molecule has 2 aliphatic rings. The van der Waals surface area contributed by atoms with Gasteiger partial charge in [-0.1, -0.05) is 6.42 Å². The van der Waals surface area contributed by atoms with Crippen LogP contribution in [0.1, 0.15) is 62.2 Å². The number of Topliss-reactive ketones (excluding diaryl/α,β-unsaturated/α-hetero) is 1. The van der Waals surface area contributed by atoms with Gasteiger partial charge in [0.2, 0.25) is 5.91 Å². The average Bonchev–Trinajstić information content (AvgIpc) is 2.75. The van der Waals surface area contributed by atoms with Crippen molar-refractivity contribution < 1.29 is 29.4 Å². The van der Waals surface area contributed by atoms with Gasteiger partial charge in [-0.15, -0.1) is 0 Å². The molecule has 0 spiro atoms. The van der Waals surface area contributed by atoms with Crippen LogP contribution >= 0.6 is 0 Å². The fourth-order valence-corrected chi connectivity index (χ4v) is 4.43. The van der Waals surface area contributed by atoms with Crippen LogP contribution in [0.3, 0.4) is 0 Å². The van der Waals surface area contributed by atoms with Crippen LogP contribution in [0.15, 0.2) is 24.3 Å². The van der Waals surface area contributed by atoms with Crippen molar-refractivity contribution in [2.75, 3.05) is 32.7 Å². The van der Waals surface area contributed by atoms with Gasteiger partial charge in [0, 0.05) is 32.0 Å². The molecule has 32 heavy (non-hydrogen) atoms. The van der Waals surface area contributed by atoms with Crippen molar-refractivity contribution in [2.24, 2.45) is 5.73 Å². The number of hydrogen-bond acceptors (Lipinski definition) is 6. The molecular formula is C23H35FN3O5-. The van der Waals surface area contributed by atoms with E-state index in [-0.39, 0.29) is 23.0 Å². The maximum atomic E-state index is 12.9. The van der Waals surface area contributed by atoms with Gasteiger partial charge >= 0.3 is 0 Å². The molecule has 1 aromatic carbocycles. The molecule has 0 aliphatic carbocycles. The number of ketones is 1. The first-order valence-electron chi connectivity index (χ1n) is 11.0. The van der Waals surface area contributed by atoms with Crippen LogP contribution in [-0.2, 0) is 9.59 Å². The number of primary amides is 1. The van der Waals surface area contributed by atoms with Crippen LogP contribution in [0, 0.1) is 5.82 Å². The Morgan fingerprint density at radius 2 is 1.56 bits per heavy atom. The molecule has 9 heteroatoms. The standard InChI is InChI=1S/C21H30FN3O2.C2H4O2.H2O/c22-18-8-6-17(7-9-18)19(26)5-4-12-24-15-10-21(11-16-24,20(23)27)25-13-2-1-3-14-25;1-2(3)4;/h6-9H,1-5,10-16H2,(H2,23,27);1H3,(H,3,4);1H2/p-1. The Morgan fingerprint density at radius 3 is 2.06 bits per heavy atom. The van der Waals surface area contributed by atoms with Gasteiger partial charge in [-0.05, 0) is 76.0 Å². The highest BCUT2D eigenvalue weighted by atomic mass is 19.1. The third kappa shape index (κ3) is 7.96. The van der Waals surface area contributed by atoms with Gasteiger partial charge in [-0.3, -0.25) is 19.3 Å². The van der Waals surface area contributed by atoms with E-state index in [2.05, 4.69) is 9.80 Å². The van der Waals surface area contributed by atoms with E-state index in [0.29, 0.717) is 12.0 Å². The summed E-state index contributed by atoms with van der Waals surface area (Å²) in [5.41, 5.74) is 5.90. The topological polar surface area (TPSA) is 134 Å². The summed E-state index contributed by atoms with van der Waals surface area (Å²) in [5.74, 6) is -1.30. The third-order valence-electron chi connectivity index (χ3n) is 6.15. The zero-order chi connectivity index (χ0) is 22.9. The molecule has 8 nitrogen and oxygen atoms in total. The lowest BCUT2D eigenvalue weighted by Crippen LogP contribution is -2.63. The summed E-state index contributed by atoms with van der Waals surface area (Å²) in [7, 11) is 0. The van der Waals surface area contributed by atoms with Crippen molar-refractivity contribution >= 4 is 17.7 Å². The molecule has 0 radical (unpaired) electrons. The zero-order valence-corrected chi connectivity index (χ0v) is 18.8. The summed E-state index contributed by atoms with van der Waals surface area (Å²) in [6.07, 6.45) is 6.29. The molecule has 2 heterocycles. The van der Waals surface area contributed by atoms with E-state index in [4.69, 9.17) is 15.6 Å². The quantitative estimate of drug-likeness (QED) is 0.607. The monoisotopic (exact) mass is 452 g/mol. The Kier molecular flexibility index (Phi) is 11.5. The number of carbonyl (C=O) groups is 3. The summed E-state index contributed by atoms with van der Waals surface area (Å²) in [6.45, 7) is 5.53. The van der Waals surface area contributed by atoms with Crippen molar-refractivity contribution in [1.82, 2.24) is 9.80 Å². The highest BCUT2D eigenvalue weighted by Crippen LogP contribution is 2.31. The van der Waals surface area contributed by atoms with Gasteiger partial charge in [-0.2, -0.15) is 0 Å². The summed E-state index contributed by atoms with van der Waals surface area (Å²) in [5, 5.41) is 7.42.